The molecule has 0 saturated heterocycles. The summed E-state index contributed by atoms with van der Waals surface area (Å²) in [5.74, 6) is 25.9. The normalized spacial score (nSPS) is 48.5. The molecule has 22 fully saturated rings. The summed E-state index contributed by atoms with van der Waals surface area (Å²) in [5.41, 5.74) is 11.5. The number of rotatable bonds is 11. The van der Waals surface area contributed by atoms with Gasteiger partial charge in [-0.3, -0.25) is 0 Å². The van der Waals surface area contributed by atoms with E-state index in [1.165, 1.54) is 270 Å². The van der Waals surface area contributed by atoms with Crippen LogP contribution in [0.2, 0.25) is 0 Å². The highest BCUT2D eigenvalue weighted by Gasteiger charge is 2.68. The Morgan fingerprint density at radius 2 is 0.530 bits per heavy atom. The molecule has 20 bridgehead atoms. The van der Waals surface area contributed by atoms with E-state index in [0.717, 1.165) is 181 Å². The fraction of sp³-hybridized carbons (Fsp3) is 1.00. The Bertz CT molecular complexity index is 3220. The quantitative estimate of drug-likeness (QED) is 0.193. The van der Waals surface area contributed by atoms with Crippen molar-refractivity contribution in [2.75, 3.05) is 0 Å². The standard InChI is InChI=1S/2C16H30.C15H26.3C15H28.C14H24.C14H26.C11H22.3CH4/c2*1-11(2)14-15(5)7-12(3)8-16(14,6)10-13(4)9-15;1-11(2)15-7-12-5-13(3,9-15)8-14(4,6-12)10-15;1-11(2)15-8-12(3)6-14(5,10-15)7-13(4)9-15;2*1-11(2)13-8-14(4)6-12(3)7-15(5,9-13)10-14;1-10(2)14-8-12(3)5-11(14)6-13(4,7-12)9-14;1-10(2)5-6-11-7-8-12-9-13(11)14(12,3)4;1-10(2)11-8-6-4-3-5-7-9-11;;;/h2*11-14H,7-10H2,1-6H3;11-12H,5-10H2,1-4H3;3*11-13H,6-10H2,1-5H3;10-11H,5-9H2,1-4H3;10-13H,5-9H2,1-4H3;10-11H,3-9H2,1-2H3;3*1H4/t;;;;;;;11-,12+,13+;;;;/m.......1..../s1. The maximum Gasteiger partial charge on any atom is -0.0235 e. The average molecular weight is 1870 g/mol. The van der Waals surface area contributed by atoms with Crippen molar-refractivity contribution in [3.63, 3.8) is 0 Å². The molecule has 0 heterocycles. The summed E-state index contributed by atoms with van der Waals surface area (Å²) in [6.07, 6.45) is 68.9. The van der Waals surface area contributed by atoms with E-state index in [9.17, 15) is 0 Å². The molecule has 0 nitrogen and oxygen atoms in total. The van der Waals surface area contributed by atoms with E-state index in [-0.39, 0.29) is 22.3 Å². The molecule has 22 saturated carbocycles. The monoisotopic (exact) mass is 1860 g/mol. The topological polar surface area (TPSA) is 0 Å². The molecule has 0 radical (unpaired) electrons. The molecular formula is C134H254. The van der Waals surface area contributed by atoms with Gasteiger partial charge in [-0.1, -0.05) is 358 Å². The SMILES string of the molecule is C.C.C.CC(C)C12CC3(C)CC1CC(C)(C3)C2.CC(C)C12CC3CC(C)(CC(C)(C3)C1)C2.CC(C)C1CCCCCCC1.CC(C)CC[C@@H]1CC[C@H]2C[C@@H]1C2(C)C.CC1CC2(C)CC(C(C)C)CC(C)(C1)C2.CC1CC2(C)CC(C(C)C)CC(C)(C1)C2.CC1CC2(C)CC(C)CC(C(C)C)(C1)C2.CC1CC2(C)CC(C)CC(C)(C1)C2C(C)C.CC1CC2(C)CC(C)CC(C)(C1)C2C(C)C. The number of fused-ring (bicyclic) bond motifs is 12. The van der Waals surface area contributed by atoms with E-state index >= 15 is 0 Å². The van der Waals surface area contributed by atoms with Gasteiger partial charge in [0, 0.05) is 0 Å². The molecule has 22 rings (SSSR count). The first-order valence-corrected chi connectivity index (χ1v) is 60.1. The van der Waals surface area contributed by atoms with Crippen LogP contribution >= 0.6 is 0 Å². The minimum atomic E-state index is 0. The third-order valence-electron chi connectivity index (χ3n) is 45.9. The summed E-state index contributed by atoms with van der Waals surface area (Å²) in [6.45, 7) is 102. The second kappa shape index (κ2) is 44.2. The molecule has 134 heavy (non-hydrogen) atoms. The highest BCUT2D eigenvalue weighted by molar-refractivity contribution is 5.18. The van der Waals surface area contributed by atoms with Gasteiger partial charge in [0.1, 0.15) is 0 Å². The number of hydrogen-bond donors (Lipinski definition) is 0. The van der Waals surface area contributed by atoms with Crippen molar-refractivity contribution in [3.8, 4) is 0 Å². The molecule has 13 atom stereocenters. The Hall–Kier alpha value is 0. The van der Waals surface area contributed by atoms with E-state index < -0.39 is 0 Å². The van der Waals surface area contributed by atoms with Crippen LogP contribution in [0.25, 0.3) is 0 Å². The van der Waals surface area contributed by atoms with E-state index in [2.05, 4.69) is 284 Å². The fourth-order valence-electron chi connectivity index (χ4n) is 46.3. The van der Waals surface area contributed by atoms with Crippen molar-refractivity contribution in [1.29, 1.82) is 0 Å². The van der Waals surface area contributed by atoms with Gasteiger partial charge in [0.25, 0.3) is 0 Å². The van der Waals surface area contributed by atoms with Crippen LogP contribution in [0.1, 0.15) is 602 Å². The Balaban J connectivity index is 0.000000185. The molecule has 22 aliphatic carbocycles. The zero-order valence-corrected chi connectivity index (χ0v) is 97.6. The first kappa shape index (κ1) is 119. The van der Waals surface area contributed by atoms with Crippen LogP contribution in [-0.2, 0) is 0 Å². The highest BCUT2D eigenvalue weighted by atomic mass is 14.7. The Morgan fingerprint density at radius 1 is 0.239 bits per heavy atom. The first-order chi connectivity index (χ1) is 60.1. The zero-order valence-electron chi connectivity index (χ0n) is 97.6. The van der Waals surface area contributed by atoms with Gasteiger partial charge in [0.15, 0.2) is 0 Å². The van der Waals surface area contributed by atoms with Crippen molar-refractivity contribution in [1.82, 2.24) is 0 Å². The Morgan fingerprint density at radius 3 is 0.806 bits per heavy atom. The summed E-state index contributed by atoms with van der Waals surface area (Å²) in [6, 6.07) is 0. The molecule has 0 spiro atoms. The lowest BCUT2D eigenvalue weighted by Crippen LogP contribution is -2.56. The van der Waals surface area contributed by atoms with Gasteiger partial charge >= 0.3 is 0 Å². The van der Waals surface area contributed by atoms with Crippen LogP contribution in [0.4, 0.5) is 0 Å². The molecule has 0 aliphatic heterocycles. The zero-order chi connectivity index (χ0) is 97.6. The molecule has 10 unspecified atom stereocenters. The third-order valence-corrected chi connectivity index (χ3v) is 45.9. The van der Waals surface area contributed by atoms with E-state index in [0.29, 0.717) is 70.4 Å². The minimum absolute atomic E-state index is 0. The second-order valence-electron chi connectivity index (χ2n) is 65.9. The molecule has 0 N–H and O–H groups in total. The molecule has 0 aromatic rings. The lowest BCUT2D eigenvalue weighted by atomic mass is 9.38. The smallest absolute Gasteiger partial charge is 0.0235 e. The highest BCUT2D eigenvalue weighted by Crippen LogP contribution is 2.78. The van der Waals surface area contributed by atoms with Crippen molar-refractivity contribution >= 4 is 0 Å². The van der Waals surface area contributed by atoms with Gasteiger partial charge < -0.3 is 0 Å². The lowest BCUT2D eigenvalue weighted by molar-refractivity contribution is -0.162. The van der Waals surface area contributed by atoms with Crippen molar-refractivity contribution < 1.29 is 0 Å². The van der Waals surface area contributed by atoms with Gasteiger partial charge in [0.05, 0.1) is 0 Å². The summed E-state index contributed by atoms with van der Waals surface area (Å²) in [4.78, 5) is 0. The molecule has 0 amide bonds. The minimum Gasteiger partial charge on any atom is -0.0776 e. The predicted octanol–water partition coefficient (Wildman–Crippen LogP) is 44.2. The maximum absolute atomic E-state index is 2.58. The third kappa shape index (κ3) is 27.5. The molecule has 0 heteroatoms. The van der Waals surface area contributed by atoms with E-state index in [4.69, 9.17) is 0 Å². The summed E-state index contributed by atoms with van der Waals surface area (Å²) in [7, 11) is 0. The average Bonchev–Trinajstić information content (AvgIpc) is 1.52. The van der Waals surface area contributed by atoms with Crippen LogP contribution in [-0.4, -0.2) is 0 Å². The van der Waals surface area contributed by atoms with E-state index in [1.54, 1.807) is 25.7 Å². The molecule has 790 valence electrons. The van der Waals surface area contributed by atoms with Gasteiger partial charge in [-0.05, 0) is 496 Å². The van der Waals surface area contributed by atoms with Gasteiger partial charge in [-0.25, -0.2) is 0 Å². The van der Waals surface area contributed by atoms with Crippen LogP contribution in [0, 0.1) is 252 Å². The lowest BCUT2D eigenvalue weighted by Gasteiger charge is -2.67. The molecular weight excluding hydrogens is 1610 g/mol. The first-order valence-electron chi connectivity index (χ1n) is 60.1. The maximum atomic E-state index is 2.58. The van der Waals surface area contributed by atoms with Crippen LogP contribution < -0.4 is 0 Å². The van der Waals surface area contributed by atoms with Gasteiger partial charge in [0.2, 0.25) is 0 Å². The Labute approximate surface area is 847 Å². The van der Waals surface area contributed by atoms with Crippen LogP contribution in [0.3, 0.4) is 0 Å². The summed E-state index contributed by atoms with van der Waals surface area (Å²) >= 11 is 0. The number of hydrogen-bond acceptors (Lipinski definition) is 0. The molecule has 22 aliphatic rings. The largest absolute Gasteiger partial charge is 0.0776 e. The fourth-order valence-corrected chi connectivity index (χ4v) is 46.3. The van der Waals surface area contributed by atoms with Crippen LogP contribution in [0.15, 0.2) is 0 Å². The Kier molecular flexibility index (Phi) is 39.3. The summed E-state index contributed by atoms with van der Waals surface area (Å²) in [5, 5.41) is 0. The van der Waals surface area contributed by atoms with Crippen molar-refractivity contribution in [2.45, 2.75) is 602 Å². The van der Waals surface area contributed by atoms with Gasteiger partial charge in [-0.15, -0.1) is 0 Å². The predicted molar refractivity (Wildman–Crippen MR) is 601 cm³/mol. The molecule has 0 aromatic heterocycles. The van der Waals surface area contributed by atoms with Crippen LogP contribution in [0.5, 0.6) is 0 Å². The molecule has 0 aromatic carbocycles. The second-order valence-corrected chi connectivity index (χ2v) is 65.9. The van der Waals surface area contributed by atoms with Crippen molar-refractivity contribution in [2.24, 2.45) is 252 Å². The van der Waals surface area contributed by atoms with E-state index in [1.807, 2.05) is 0 Å². The van der Waals surface area contributed by atoms with Crippen molar-refractivity contribution in [3.05, 3.63) is 0 Å². The van der Waals surface area contributed by atoms with Gasteiger partial charge in [-0.2, -0.15) is 0 Å². The summed E-state index contributed by atoms with van der Waals surface area (Å²) < 4.78 is 0.